The van der Waals surface area contributed by atoms with Crippen molar-refractivity contribution >= 4 is 11.1 Å². The van der Waals surface area contributed by atoms with Gasteiger partial charge in [-0.25, -0.2) is 29.0 Å². The third kappa shape index (κ3) is 4.94. The van der Waals surface area contributed by atoms with Crippen molar-refractivity contribution in [3.63, 3.8) is 0 Å². The Hall–Kier alpha value is -6.81. The van der Waals surface area contributed by atoms with Crippen LogP contribution in [0.5, 0.6) is 0 Å². The highest BCUT2D eigenvalue weighted by Gasteiger charge is 2.35. The molecule has 2 aliphatic rings. The smallest absolute Gasteiger partial charge is 0.226 e. The fourth-order valence-electron chi connectivity index (χ4n) is 6.69. The molecule has 0 amide bonds. The van der Waals surface area contributed by atoms with Crippen LogP contribution in [0, 0.1) is 54.4 Å². The second kappa shape index (κ2) is 11.2. The topological polar surface area (TPSA) is 56.3 Å². The molecule has 0 bridgehead atoms. The fourth-order valence-corrected chi connectivity index (χ4v) is 6.69. The van der Waals surface area contributed by atoms with Crippen molar-refractivity contribution in [3.8, 4) is 56.6 Å². The quantitative estimate of drug-likeness (QED) is 0.106. The molecule has 4 nitrogen and oxygen atoms in total. The van der Waals surface area contributed by atoms with Gasteiger partial charge in [-0.1, -0.05) is 30.3 Å². The lowest BCUT2D eigenvalue weighted by molar-refractivity contribution is -0.137. The Morgan fingerprint density at radius 3 is 1.43 bits per heavy atom. The average molecular weight is 649 g/mol. The Labute approximate surface area is 277 Å². The number of nitrogens with zero attached hydrogens (tertiary/aromatic N) is 4. The summed E-state index contributed by atoms with van der Waals surface area (Å²) >= 11 is 0. The van der Waals surface area contributed by atoms with Crippen molar-refractivity contribution < 1.29 is 22.0 Å². The van der Waals surface area contributed by atoms with Gasteiger partial charge in [0.2, 0.25) is 0 Å². The number of aryl methyl sites for hydroxylation is 1. The Bertz CT molecular complexity index is 2510. The van der Waals surface area contributed by atoms with Crippen molar-refractivity contribution in [1.29, 1.82) is 10.5 Å². The largest absolute Gasteiger partial charge is 0.416 e. The molecule has 7 rings (SSSR count). The molecule has 0 aliphatic heterocycles. The maximum atomic E-state index is 14.4. The average Bonchev–Trinajstić information content (AvgIpc) is 3.55. The molecule has 2 aliphatic carbocycles. The van der Waals surface area contributed by atoms with Gasteiger partial charge in [-0.05, 0) is 134 Å². The van der Waals surface area contributed by atoms with Crippen LogP contribution in [0.15, 0.2) is 96.3 Å². The summed E-state index contributed by atoms with van der Waals surface area (Å²) < 4.78 is 69.3. The van der Waals surface area contributed by atoms with Crippen LogP contribution in [-0.4, -0.2) is 0 Å². The van der Waals surface area contributed by atoms with Crippen LogP contribution in [-0.2, 0) is 6.18 Å². The summed E-state index contributed by atoms with van der Waals surface area (Å²) in [5.74, 6) is -1.47. The highest BCUT2D eigenvalue weighted by atomic mass is 19.4. The van der Waals surface area contributed by atoms with Crippen LogP contribution in [0.3, 0.4) is 0 Å². The molecule has 232 valence electrons. The molecular weight excluding hydrogens is 631 g/mol. The highest BCUT2D eigenvalue weighted by Crippen LogP contribution is 2.54. The van der Waals surface area contributed by atoms with Gasteiger partial charge in [0.25, 0.3) is 11.4 Å². The van der Waals surface area contributed by atoms with Crippen LogP contribution >= 0.6 is 0 Å². The van der Waals surface area contributed by atoms with Gasteiger partial charge in [0.15, 0.2) is 0 Å². The lowest BCUT2D eigenvalue weighted by Crippen LogP contribution is -2.05. The van der Waals surface area contributed by atoms with E-state index in [0.29, 0.717) is 67.3 Å². The van der Waals surface area contributed by atoms with E-state index in [2.05, 4.69) is 9.69 Å². The van der Waals surface area contributed by atoms with Gasteiger partial charge in [0, 0.05) is 11.1 Å². The number of halogens is 5. The molecule has 9 heteroatoms. The molecule has 0 saturated heterocycles. The minimum Gasteiger partial charge on any atom is -0.226 e. The molecule has 0 spiro atoms. The number of hydrogen-bond donors (Lipinski definition) is 0. The first kappa shape index (κ1) is 30.8. The van der Waals surface area contributed by atoms with Crippen LogP contribution in [0.4, 0.5) is 22.0 Å². The normalized spacial score (nSPS) is 14.3. The summed E-state index contributed by atoms with van der Waals surface area (Å²) in [5.41, 5.74) is 5.79. The van der Waals surface area contributed by atoms with Crippen LogP contribution in [0.1, 0.15) is 33.4 Å². The second-order valence-corrected chi connectivity index (χ2v) is 11.6. The van der Waals surface area contributed by atoms with E-state index in [4.69, 9.17) is 13.1 Å². The zero-order valence-electron chi connectivity index (χ0n) is 25.3. The third-order valence-corrected chi connectivity index (χ3v) is 8.70. The third-order valence-electron chi connectivity index (χ3n) is 8.70. The van der Waals surface area contributed by atoms with Crippen molar-refractivity contribution in [2.75, 3.05) is 0 Å². The molecule has 5 aromatic rings. The summed E-state index contributed by atoms with van der Waals surface area (Å²) in [5, 5.41) is 20.0. The minimum absolute atomic E-state index is 0.0339. The first-order valence-electron chi connectivity index (χ1n) is 14.6. The summed E-state index contributed by atoms with van der Waals surface area (Å²) in [6.07, 6.45) is -4.78. The van der Waals surface area contributed by atoms with E-state index in [1.54, 1.807) is 31.2 Å². The van der Waals surface area contributed by atoms with Crippen LogP contribution in [0.25, 0.3) is 65.3 Å². The molecule has 5 aromatic carbocycles. The number of alkyl halides is 3. The zero-order chi connectivity index (χ0) is 34.8. The van der Waals surface area contributed by atoms with Gasteiger partial charge in [0.1, 0.15) is 11.6 Å². The lowest BCUT2D eigenvalue weighted by Gasteiger charge is -2.11. The fraction of sp³-hybridized carbons (Fsp3) is 0.0500. The predicted octanol–water partition coefficient (Wildman–Crippen LogP) is 11.0. The van der Waals surface area contributed by atoms with Crippen LogP contribution in [0.2, 0.25) is 0 Å². The number of allylic oxidation sites excluding steroid dienone is 2. The van der Waals surface area contributed by atoms with E-state index in [9.17, 15) is 32.5 Å². The first-order valence-corrected chi connectivity index (χ1v) is 14.6. The molecule has 0 fully saturated rings. The van der Waals surface area contributed by atoms with Crippen molar-refractivity contribution in [2.24, 2.45) is 0 Å². The molecule has 0 aromatic heterocycles. The predicted molar refractivity (Wildman–Crippen MR) is 174 cm³/mol. The van der Waals surface area contributed by atoms with E-state index < -0.39 is 23.4 Å². The SMILES string of the molecule is [C-]#[N+]/C(C#N)=C1/c2cc(-c3cc(F)cc(C(F)(F)F)c3)ccc2-c2cc3c(cc21)-c1ccc(-c2cc(C)cc(F)c2)cc1/C3=C(/C#N)[N+]#[C-]. The van der Waals surface area contributed by atoms with E-state index in [-0.39, 0.29) is 28.1 Å². The van der Waals surface area contributed by atoms with Gasteiger partial charge in [-0.15, -0.1) is 0 Å². The Morgan fingerprint density at radius 2 is 1.00 bits per heavy atom. The lowest BCUT2D eigenvalue weighted by atomic mass is 9.95. The summed E-state index contributed by atoms with van der Waals surface area (Å²) in [6, 6.07) is 24.5. The molecule has 0 radical (unpaired) electrons. The van der Waals surface area contributed by atoms with E-state index in [1.807, 2.05) is 30.3 Å². The van der Waals surface area contributed by atoms with E-state index in [0.717, 1.165) is 17.7 Å². The first-order chi connectivity index (χ1) is 23.4. The standard InChI is InChI=1S/C40H17F5N4/c1-20-8-23(11-26(41)9-20)21-4-6-28-30-16-35-31(17-34(30)38(32(28)13-21)36(18-46)48-2)29-7-5-22(14-33(29)39(35)37(19-47)49-3)24-10-25(40(43,44)45)15-27(42)12-24/h4-17H,1H3/b38-36+,39-37-. The Balaban J connectivity index is 1.47. The van der Waals surface area contributed by atoms with Crippen molar-refractivity contribution in [1.82, 2.24) is 0 Å². The second-order valence-electron chi connectivity index (χ2n) is 11.6. The zero-order valence-corrected chi connectivity index (χ0v) is 25.3. The number of benzene rings is 5. The molecule has 0 N–H and O–H groups in total. The summed E-state index contributed by atoms with van der Waals surface area (Å²) in [7, 11) is 0. The molecular formula is C40H17F5N4. The van der Waals surface area contributed by atoms with Crippen LogP contribution < -0.4 is 0 Å². The molecule has 0 atom stereocenters. The maximum Gasteiger partial charge on any atom is 0.416 e. The number of rotatable bonds is 2. The molecule has 0 heterocycles. The maximum absolute atomic E-state index is 14.4. The van der Waals surface area contributed by atoms with E-state index in [1.165, 1.54) is 24.3 Å². The van der Waals surface area contributed by atoms with Gasteiger partial charge in [-0.3, -0.25) is 0 Å². The van der Waals surface area contributed by atoms with Gasteiger partial charge in [-0.2, -0.15) is 13.2 Å². The minimum atomic E-state index is -4.78. The van der Waals surface area contributed by atoms with E-state index >= 15 is 0 Å². The Kier molecular flexibility index (Phi) is 7.02. The molecule has 0 unspecified atom stereocenters. The van der Waals surface area contributed by atoms with Crippen molar-refractivity contribution in [2.45, 2.75) is 13.1 Å². The Morgan fingerprint density at radius 1 is 0.551 bits per heavy atom. The van der Waals surface area contributed by atoms with Gasteiger partial charge in [0.05, 0.1) is 30.8 Å². The highest BCUT2D eigenvalue weighted by molar-refractivity contribution is 6.11. The number of fused-ring (bicyclic) bond motifs is 6. The molecule has 0 saturated carbocycles. The monoisotopic (exact) mass is 648 g/mol. The van der Waals surface area contributed by atoms with Crippen molar-refractivity contribution in [3.05, 3.63) is 164 Å². The molecule has 49 heavy (non-hydrogen) atoms. The number of hydrogen-bond acceptors (Lipinski definition) is 2. The van der Waals surface area contributed by atoms with Gasteiger partial charge < -0.3 is 0 Å². The number of nitriles is 2. The summed E-state index contributed by atoms with van der Waals surface area (Å²) in [4.78, 5) is 6.96. The van der Waals surface area contributed by atoms with Gasteiger partial charge >= 0.3 is 6.18 Å². The summed E-state index contributed by atoms with van der Waals surface area (Å²) in [6.45, 7) is 17.3.